The van der Waals surface area contributed by atoms with Gasteiger partial charge in [-0.3, -0.25) is 4.79 Å². The molecular formula is C31H41O6PS4. The van der Waals surface area contributed by atoms with Crippen LogP contribution in [0.2, 0.25) is 0 Å². The van der Waals surface area contributed by atoms with E-state index in [2.05, 4.69) is 20.8 Å². The molecule has 0 radical (unpaired) electrons. The summed E-state index contributed by atoms with van der Waals surface area (Å²) in [7, 11) is 0.419. The van der Waals surface area contributed by atoms with Gasteiger partial charge >= 0.3 is 11.9 Å². The van der Waals surface area contributed by atoms with Crippen LogP contribution in [0.3, 0.4) is 0 Å². The van der Waals surface area contributed by atoms with Crippen LogP contribution in [-0.2, 0) is 19.1 Å². The standard InChI is InChI=1S/C31H41O6PS4/c1-6-9-16-38(17-10-7-2,18-11-8-3)31(41-27(29(34)36-4)28(42-31)30(35)37-5)22(26(33)25-15-13-20-40-25)21-23(32)24-14-12-19-39-24/h12-15,19-22H,6-11,16-18H2,1-5H3/b23-21-. The van der Waals surface area contributed by atoms with Crippen LogP contribution in [0, 0.1) is 5.92 Å². The summed E-state index contributed by atoms with van der Waals surface area (Å²) in [6.07, 6.45) is 10.1. The Morgan fingerprint density at radius 3 is 1.67 bits per heavy atom. The van der Waals surface area contributed by atoms with Crippen molar-refractivity contribution in [2.24, 2.45) is 5.92 Å². The lowest BCUT2D eigenvalue weighted by atomic mass is 10.0. The maximum Gasteiger partial charge on any atom is 0.345 e. The number of unbranched alkanes of at least 4 members (excludes halogenated alkanes) is 3. The van der Waals surface area contributed by atoms with Crippen LogP contribution in [0.25, 0.3) is 5.76 Å². The number of thioether (sulfide) groups is 2. The molecule has 0 aliphatic carbocycles. The first-order valence-electron chi connectivity index (χ1n) is 14.4. The van der Waals surface area contributed by atoms with E-state index in [-0.39, 0.29) is 21.4 Å². The fraction of sp³-hybridized carbons (Fsp3) is 0.516. The van der Waals surface area contributed by atoms with Crippen LogP contribution in [0.1, 0.15) is 73.8 Å². The van der Waals surface area contributed by atoms with Crippen molar-refractivity contribution in [2.75, 3.05) is 32.7 Å². The number of rotatable bonds is 17. The number of thiophene rings is 2. The number of carbonyl (C=O) groups is 3. The van der Waals surface area contributed by atoms with E-state index in [4.69, 9.17) is 9.47 Å². The molecule has 3 heterocycles. The average Bonchev–Trinajstić information content (AvgIpc) is 3.80. The van der Waals surface area contributed by atoms with Crippen LogP contribution >= 0.6 is 53.5 Å². The molecule has 0 amide bonds. The number of ketones is 1. The van der Waals surface area contributed by atoms with Crippen molar-refractivity contribution < 1.29 is 29.0 Å². The molecule has 0 aromatic carbocycles. The molecule has 0 N–H and O–H groups in total. The second-order valence-corrected chi connectivity index (χ2v) is 19.8. The monoisotopic (exact) mass is 668 g/mol. The third-order valence-electron chi connectivity index (χ3n) is 7.45. The minimum absolute atomic E-state index is 0.154. The van der Waals surface area contributed by atoms with E-state index >= 15 is 0 Å². The zero-order valence-corrected chi connectivity index (χ0v) is 29.2. The molecule has 42 heavy (non-hydrogen) atoms. The van der Waals surface area contributed by atoms with Gasteiger partial charge in [-0.1, -0.05) is 87.5 Å². The highest BCUT2D eigenvalue weighted by Crippen LogP contribution is 2.84. The quantitative estimate of drug-likeness (QED) is 0.0723. The number of hydrogen-bond donors (Lipinski definition) is 0. The Labute approximate surface area is 267 Å². The summed E-state index contributed by atoms with van der Waals surface area (Å²) in [5.74, 6) is -2.49. The van der Waals surface area contributed by atoms with Gasteiger partial charge in [0.1, 0.15) is 15.7 Å². The predicted octanol–water partition coefficient (Wildman–Crippen LogP) is 8.12. The van der Waals surface area contributed by atoms with Crippen LogP contribution in [0.15, 0.2) is 50.9 Å². The van der Waals surface area contributed by atoms with E-state index in [1.165, 1.54) is 60.4 Å². The molecule has 0 bridgehead atoms. The van der Waals surface area contributed by atoms with Crippen molar-refractivity contribution in [3.05, 3.63) is 60.7 Å². The predicted molar refractivity (Wildman–Crippen MR) is 180 cm³/mol. The minimum Gasteiger partial charge on any atom is -0.872 e. The third kappa shape index (κ3) is 7.55. The van der Waals surface area contributed by atoms with Crippen LogP contribution in [-0.4, -0.2) is 54.2 Å². The number of allylic oxidation sites excluding steroid dienone is 1. The lowest BCUT2D eigenvalue weighted by Crippen LogP contribution is -2.41. The van der Waals surface area contributed by atoms with Gasteiger partial charge in [-0.05, 0) is 42.2 Å². The smallest absolute Gasteiger partial charge is 0.345 e. The van der Waals surface area contributed by atoms with Crippen molar-refractivity contribution >= 4 is 76.9 Å². The highest BCUT2D eigenvalue weighted by atomic mass is 32.2. The summed E-state index contributed by atoms with van der Waals surface area (Å²) in [5, 5.41) is 17.5. The van der Waals surface area contributed by atoms with Gasteiger partial charge in [0.2, 0.25) is 0 Å². The molecule has 2 aromatic rings. The second-order valence-electron chi connectivity index (χ2n) is 10.2. The lowest BCUT2D eigenvalue weighted by molar-refractivity contribution is -0.243. The van der Waals surface area contributed by atoms with Gasteiger partial charge in [-0.15, -0.1) is 22.7 Å². The first-order valence-corrected chi connectivity index (χ1v) is 20.1. The largest absolute Gasteiger partial charge is 0.872 e. The lowest BCUT2D eigenvalue weighted by Gasteiger charge is -2.45. The van der Waals surface area contributed by atoms with Gasteiger partial charge in [0.05, 0.1) is 37.6 Å². The van der Waals surface area contributed by atoms with Crippen LogP contribution in [0.5, 0.6) is 0 Å². The fourth-order valence-electron chi connectivity index (χ4n) is 5.23. The Kier molecular flexibility index (Phi) is 13.7. The molecule has 6 nitrogen and oxygen atoms in total. The molecule has 0 spiro atoms. The highest BCUT2D eigenvalue weighted by Gasteiger charge is 2.68. The number of hydrogen-bond acceptors (Lipinski definition) is 10. The first kappa shape index (κ1) is 34.9. The van der Waals surface area contributed by atoms with Crippen molar-refractivity contribution in [1.82, 2.24) is 0 Å². The van der Waals surface area contributed by atoms with E-state index in [9.17, 15) is 19.5 Å². The number of esters is 2. The summed E-state index contributed by atoms with van der Waals surface area (Å²) < 4.78 is 9.40. The zero-order chi connectivity index (χ0) is 30.8. The number of carbonyl (C=O) groups excluding carboxylic acids is 3. The van der Waals surface area contributed by atoms with Crippen LogP contribution in [0.4, 0.5) is 0 Å². The van der Waals surface area contributed by atoms with Gasteiger partial charge in [-0.2, -0.15) is 0 Å². The maximum atomic E-state index is 14.6. The van der Waals surface area contributed by atoms with Crippen LogP contribution < -0.4 is 5.11 Å². The van der Waals surface area contributed by atoms with Gasteiger partial charge in [-0.25, -0.2) is 9.59 Å². The third-order valence-corrected chi connectivity index (χ3v) is 20.1. The van der Waals surface area contributed by atoms with E-state index in [0.29, 0.717) is 9.75 Å². The average molecular weight is 669 g/mol. The molecule has 3 rings (SSSR count). The molecule has 2 aromatic heterocycles. The number of Topliss-reactive ketones (excluding diaryl/α,β-unsaturated/α-hetero) is 1. The van der Waals surface area contributed by atoms with Crippen molar-refractivity contribution in [1.29, 1.82) is 0 Å². The Balaban J connectivity index is 2.41. The van der Waals surface area contributed by atoms with E-state index in [1.54, 1.807) is 18.2 Å². The molecule has 0 saturated heterocycles. The summed E-state index contributed by atoms with van der Waals surface area (Å²) in [5.41, 5.74) is 0. The van der Waals surface area contributed by atoms with Gasteiger partial charge < -0.3 is 14.6 Å². The first-order chi connectivity index (χ1) is 20.2. The zero-order valence-electron chi connectivity index (χ0n) is 25.0. The van der Waals surface area contributed by atoms with E-state index in [0.717, 1.165) is 57.0 Å². The molecule has 0 fully saturated rings. The Morgan fingerprint density at radius 2 is 1.29 bits per heavy atom. The molecule has 11 heteroatoms. The van der Waals surface area contributed by atoms with Crippen molar-refractivity contribution in [2.45, 2.75) is 63.1 Å². The van der Waals surface area contributed by atoms with Gasteiger partial charge in [0.25, 0.3) is 0 Å². The van der Waals surface area contributed by atoms with E-state index in [1.807, 2.05) is 22.9 Å². The molecule has 1 atom stereocenters. The fourth-order valence-corrected chi connectivity index (χ4v) is 18.3. The SMILES string of the molecule is CCCC[P+](CCCC)(CCCC)C1(C(/C=C(\[O-])c2cccs2)C(=O)c2cccs2)SC(C(=O)OC)=C(C(=O)OC)S1. The number of methoxy groups -OCH3 is 2. The summed E-state index contributed by atoms with van der Waals surface area (Å²) in [6, 6.07) is 7.22. The highest BCUT2D eigenvalue weighted by molar-refractivity contribution is 8.33. The Morgan fingerprint density at radius 1 is 0.833 bits per heavy atom. The molecule has 1 aliphatic heterocycles. The van der Waals surface area contributed by atoms with Gasteiger partial charge in [0.15, 0.2) is 9.60 Å². The Hall–Kier alpha value is -1.58. The normalized spacial score (nSPS) is 16.0. The number of ether oxygens (including phenoxy) is 2. The second kappa shape index (κ2) is 16.5. The van der Waals surface area contributed by atoms with Crippen molar-refractivity contribution in [3.8, 4) is 0 Å². The summed E-state index contributed by atoms with van der Waals surface area (Å²) >= 11 is 5.27. The molecule has 230 valence electrons. The summed E-state index contributed by atoms with van der Waals surface area (Å²) in [4.78, 5) is 42.6. The minimum atomic E-state index is -2.17. The molecule has 1 aliphatic rings. The molecule has 1 unspecified atom stereocenters. The maximum absolute atomic E-state index is 14.6. The van der Waals surface area contributed by atoms with Crippen molar-refractivity contribution in [3.63, 3.8) is 0 Å². The summed E-state index contributed by atoms with van der Waals surface area (Å²) in [6.45, 7) is 6.48. The molecule has 0 saturated carbocycles. The van der Waals surface area contributed by atoms with Gasteiger partial charge in [0, 0.05) is 12.1 Å². The molecular weight excluding hydrogens is 628 g/mol. The Bertz CT molecular complexity index is 1200. The van der Waals surface area contributed by atoms with E-state index < -0.39 is 28.9 Å². The topological polar surface area (TPSA) is 92.7 Å².